The van der Waals surface area contributed by atoms with Crippen LogP contribution in [0.5, 0.6) is 11.6 Å². The molecule has 0 radical (unpaired) electrons. The largest absolute Gasteiger partial charge is 0.459 e. The summed E-state index contributed by atoms with van der Waals surface area (Å²) in [6.45, 7) is 1.41. The maximum absolute atomic E-state index is 13.4. The first-order valence-electron chi connectivity index (χ1n) is 11.0. The zero-order chi connectivity index (χ0) is 23.5. The van der Waals surface area contributed by atoms with Crippen LogP contribution in [0.15, 0.2) is 77.4 Å². The Morgan fingerprint density at radius 2 is 1.88 bits per heavy atom. The van der Waals surface area contributed by atoms with E-state index in [9.17, 15) is 9.18 Å². The molecule has 2 aromatic heterocycles. The van der Waals surface area contributed by atoms with Crippen LogP contribution in [0.1, 0.15) is 27.4 Å². The van der Waals surface area contributed by atoms with E-state index in [1.165, 1.54) is 18.4 Å². The number of furan rings is 1. The lowest BCUT2D eigenvalue weighted by atomic mass is 10.1. The standard InChI is InChI=1S/C26H23FN4O3/c1-30(16-18-6-3-2-4-7-18)26-28-22-13-14-31(25(32)23-8-5-15-33-23)17-21(22)24(29-26)34-20-11-9-19(27)10-12-20/h2-12,15H,13-14,16-17H2,1H3. The van der Waals surface area contributed by atoms with Gasteiger partial charge in [0.1, 0.15) is 11.6 Å². The van der Waals surface area contributed by atoms with Crippen LogP contribution in [-0.4, -0.2) is 34.4 Å². The number of anilines is 1. The minimum absolute atomic E-state index is 0.200. The minimum Gasteiger partial charge on any atom is -0.459 e. The van der Waals surface area contributed by atoms with Crippen LogP contribution in [0.25, 0.3) is 0 Å². The third-order valence-corrected chi connectivity index (χ3v) is 5.66. The molecule has 0 unspecified atom stereocenters. The average molecular weight is 458 g/mol. The number of ether oxygens (including phenoxy) is 1. The minimum atomic E-state index is -0.351. The molecule has 3 heterocycles. The average Bonchev–Trinajstić information content (AvgIpc) is 3.40. The Morgan fingerprint density at radius 3 is 2.62 bits per heavy atom. The van der Waals surface area contributed by atoms with Gasteiger partial charge < -0.3 is 19.0 Å². The summed E-state index contributed by atoms with van der Waals surface area (Å²) in [6.07, 6.45) is 2.03. The molecule has 172 valence electrons. The van der Waals surface area contributed by atoms with Crippen LogP contribution in [0.3, 0.4) is 0 Å². The maximum atomic E-state index is 13.4. The van der Waals surface area contributed by atoms with Crippen molar-refractivity contribution in [2.45, 2.75) is 19.5 Å². The first kappa shape index (κ1) is 21.6. The van der Waals surface area contributed by atoms with Gasteiger partial charge in [-0.05, 0) is 42.0 Å². The quantitative estimate of drug-likeness (QED) is 0.412. The smallest absolute Gasteiger partial charge is 0.289 e. The molecule has 7 nitrogen and oxygen atoms in total. The molecule has 0 bridgehead atoms. The molecule has 1 amide bonds. The molecule has 0 fully saturated rings. The van der Waals surface area contributed by atoms with Gasteiger partial charge in [-0.3, -0.25) is 4.79 Å². The number of benzene rings is 2. The first-order valence-corrected chi connectivity index (χ1v) is 11.0. The van der Waals surface area contributed by atoms with E-state index in [2.05, 4.69) is 0 Å². The fraction of sp³-hybridized carbons (Fsp3) is 0.192. The second-order valence-corrected chi connectivity index (χ2v) is 8.11. The number of halogens is 1. The summed E-state index contributed by atoms with van der Waals surface area (Å²) < 4.78 is 24.8. The second-order valence-electron chi connectivity index (χ2n) is 8.11. The summed E-state index contributed by atoms with van der Waals surface area (Å²) in [4.78, 5) is 26.0. The summed E-state index contributed by atoms with van der Waals surface area (Å²) in [5.41, 5.74) is 2.68. The fourth-order valence-corrected chi connectivity index (χ4v) is 3.90. The van der Waals surface area contributed by atoms with Gasteiger partial charge in [-0.1, -0.05) is 30.3 Å². The number of amides is 1. The number of nitrogens with zero attached hydrogens (tertiary/aromatic N) is 4. The van der Waals surface area contributed by atoms with Crippen molar-refractivity contribution >= 4 is 11.9 Å². The van der Waals surface area contributed by atoms with Gasteiger partial charge in [0.15, 0.2) is 5.76 Å². The molecule has 5 rings (SSSR count). The van der Waals surface area contributed by atoms with E-state index >= 15 is 0 Å². The van der Waals surface area contributed by atoms with E-state index in [1.54, 1.807) is 29.2 Å². The Labute approximate surface area is 196 Å². The van der Waals surface area contributed by atoms with E-state index in [0.717, 1.165) is 16.8 Å². The van der Waals surface area contributed by atoms with Crippen molar-refractivity contribution in [2.75, 3.05) is 18.5 Å². The molecule has 34 heavy (non-hydrogen) atoms. The summed E-state index contributed by atoms with van der Waals surface area (Å²) in [5, 5.41) is 0. The van der Waals surface area contributed by atoms with Crippen LogP contribution < -0.4 is 9.64 Å². The number of carbonyl (C=O) groups is 1. The van der Waals surface area contributed by atoms with Gasteiger partial charge in [-0.2, -0.15) is 4.98 Å². The van der Waals surface area contributed by atoms with Gasteiger partial charge in [0.05, 0.1) is 24.1 Å². The van der Waals surface area contributed by atoms with E-state index in [4.69, 9.17) is 19.1 Å². The maximum Gasteiger partial charge on any atom is 0.289 e. The number of aromatic nitrogens is 2. The summed E-state index contributed by atoms with van der Waals surface area (Å²) in [5.74, 6) is 1.05. The highest BCUT2D eigenvalue weighted by molar-refractivity contribution is 5.91. The number of hydrogen-bond acceptors (Lipinski definition) is 6. The topological polar surface area (TPSA) is 71.7 Å². The molecule has 4 aromatic rings. The Kier molecular flexibility index (Phi) is 5.95. The summed E-state index contributed by atoms with van der Waals surface area (Å²) in [6, 6.07) is 19.1. The second kappa shape index (κ2) is 9.35. The highest BCUT2D eigenvalue weighted by Gasteiger charge is 2.29. The lowest BCUT2D eigenvalue weighted by molar-refractivity contribution is 0.0699. The van der Waals surface area contributed by atoms with Gasteiger partial charge >= 0.3 is 0 Å². The Hall–Kier alpha value is -4.20. The molecule has 2 aromatic carbocycles. The molecule has 0 aliphatic carbocycles. The van der Waals surface area contributed by atoms with Crippen molar-refractivity contribution in [1.82, 2.24) is 14.9 Å². The molecule has 1 aliphatic rings. The molecule has 0 N–H and O–H groups in total. The van der Waals surface area contributed by atoms with Gasteiger partial charge in [-0.25, -0.2) is 9.37 Å². The van der Waals surface area contributed by atoms with Crippen LogP contribution in [0, 0.1) is 5.82 Å². The highest BCUT2D eigenvalue weighted by Crippen LogP contribution is 2.32. The Morgan fingerprint density at radius 1 is 1.09 bits per heavy atom. The predicted molar refractivity (Wildman–Crippen MR) is 124 cm³/mol. The lowest BCUT2D eigenvalue weighted by Crippen LogP contribution is -2.37. The predicted octanol–water partition coefficient (Wildman–Crippen LogP) is 4.84. The molecule has 0 spiro atoms. The molecule has 0 saturated carbocycles. The molecule has 0 saturated heterocycles. The van der Waals surface area contributed by atoms with Crippen molar-refractivity contribution in [1.29, 1.82) is 0 Å². The lowest BCUT2D eigenvalue weighted by Gasteiger charge is -2.29. The van der Waals surface area contributed by atoms with Gasteiger partial charge in [0.25, 0.3) is 5.91 Å². The zero-order valence-corrected chi connectivity index (χ0v) is 18.6. The zero-order valence-electron chi connectivity index (χ0n) is 18.6. The SMILES string of the molecule is CN(Cc1ccccc1)c1nc2c(c(Oc3ccc(F)cc3)n1)CN(C(=O)c1ccco1)CC2. The molecular weight excluding hydrogens is 435 g/mol. The Balaban J connectivity index is 1.47. The van der Waals surface area contributed by atoms with Crippen LogP contribution in [0.2, 0.25) is 0 Å². The number of carbonyl (C=O) groups excluding carboxylic acids is 1. The molecule has 1 aliphatic heterocycles. The van der Waals surface area contributed by atoms with Crippen LogP contribution in [0.4, 0.5) is 10.3 Å². The van der Waals surface area contributed by atoms with Crippen molar-refractivity contribution in [3.63, 3.8) is 0 Å². The molecule has 0 atom stereocenters. The monoisotopic (exact) mass is 458 g/mol. The number of hydrogen-bond donors (Lipinski definition) is 0. The van der Waals surface area contributed by atoms with E-state index in [0.29, 0.717) is 37.1 Å². The highest BCUT2D eigenvalue weighted by atomic mass is 19.1. The van der Waals surface area contributed by atoms with E-state index in [1.807, 2.05) is 42.3 Å². The normalized spacial score (nSPS) is 12.8. The van der Waals surface area contributed by atoms with Crippen molar-refractivity contribution < 1.29 is 18.3 Å². The third-order valence-electron chi connectivity index (χ3n) is 5.66. The third kappa shape index (κ3) is 4.61. The summed E-state index contributed by atoms with van der Waals surface area (Å²) in [7, 11) is 1.92. The first-order chi connectivity index (χ1) is 16.6. The van der Waals surface area contributed by atoms with Crippen LogP contribution >= 0.6 is 0 Å². The molecule has 8 heteroatoms. The molecular formula is C26H23FN4O3. The van der Waals surface area contributed by atoms with Crippen LogP contribution in [-0.2, 0) is 19.5 Å². The van der Waals surface area contributed by atoms with E-state index < -0.39 is 0 Å². The Bertz CT molecular complexity index is 1280. The van der Waals surface area contributed by atoms with Crippen molar-refractivity contribution in [2.24, 2.45) is 0 Å². The number of fused-ring (bicyclic) bond motifs is 1. The fourth-order valence-electron chi connectivity index (χ4n) is 3.90. The van der Waals surface area contributed by atoms with Gasteiger partial charge in [0.2, 0.25) is 11.8 Å². The van der Waals surface area contributed by atoms with E-state index in [-0.39, 0.29) is 24.0 Å². The van der Waals surface area contributed by atoms with Gasteiger partial charge in [0, 0.05) is 26.6 Å². The summed E-state index contributed by atoms with van der Waals surface area (Å²) >= 11 is 0. The number of rotatable bonds is 6. The van der Waals surface area contributed by atoms with Crippen molar-refractivity contribution in [3.8, 4) is 11.6 Å². The van der Waals surface area contributed by atoms with Gasteiger partial charge in [-0.15, -0.1) is 0 Å². The van der Waals surface area contributed by atoms with Crippen molar-refractivity contribution in [3.05, 3.63) is 101 Å².